The summed E-state index contributed by atoms with van der Waals surface area (Å²) < 4.78 is 126. The van der Waals surface area contributed by atoms with Crippen LogP contribution in [0.25, 0.3) is 0 Å². The molecule has 1 heterocycles. The second kappa shape index (κ2) is 10.6. The van der Waals surface area contributed by atoms with E-state index in [0.29, 0.717) is 17.0 Å². The van der Waals surface area contributed by atoms with Gasteiger partial charge in [0.15, 0.2) is 0 Å². The van der Waals surface area contributed by atoms with Crippen LogP contribution in [0.2, 0.25) is 0 Å². The normalized spacial score (nSPS) is 17.8. The summed E-state index contributed by atoms with van der Waals surface area (Å²) in [7, 11) is 0. The van der Waals surface area contributed by atoms with Gasteiger partial charge in [0.05, 0.1) is 22.4 Å². The molecular weight excluding hydrogens is 575 g/mol. The monoisotopic (exact) mass is 600 g/mol. The van der Waals surface area contributed by atoms with Gasteiger partial charge in [-0.3, -0.25) is 4.90 Å². The molecule has 0 radical (unpaired) electrons. The number of hydrogen-bond donors (Lipinski definition) is 1. The molecule has 2 atom stereocenters. The third-order valence-corrected chi connectivity index (χ3v) is 6.30. The summed E-state index contributed by atoms with van der Waals surface area (Å²) in [6.07, 6.45) is -17.9. The number of ether oxygens (including phenoxy) is 1. The number of halogens is 9. The van der Waals surface area contributed by atoms with Crippen LogP contribution < -0.4 is 4.90 Å². The number of hydrogen-bond acceptors (Lipinski definition) is 3. The number of anilines is 1. The maximum absolute atomic E-state index is 13.5. The van der Waals surface area contributed by atoms with Crippen LogP contribution in [0, 0.1) is 0 Å². The summed E-state index contributed by atoms with van der Waals surface area (Å²) in [5, 5.41) is 9.80. The molecule has 0 aliphatic carbocycles. The van der Waals surface area contributed by atoms with Crippen molar-refractivity contribution in [1.82, 2.24) is 4.90 Å². The van der Waals surface area contributed by atoms with E-state index in [-0.39, 0.29) is 17.3 Å². The SMILES string of the molecule is CC1C(CN(Cc2cc(C(F)(F)F)cc(C(F)(F)F)c2)C(=O)O)c2cc(C(F)(F)F)ccc2N1C(=O)OC(C)(C)C. The lowest BCUT2D eigenvalue weighted by Gasteiger charge is -2.30. The summed E-state index contributed by atoms with van der Waals surface area (Å²) in [4.78, 5) is 26.6. The molecule has 0 saturated carbocycles. The molecular formula is C26H25F9N2O4. The second-order valence-electron chi connectivity index (χ2n) is 10.5. The van der Waals surface area contributed by atoms with Crippen LogP contribution in [0.4, 0.5) is 54.8 Å². The molecule has 2 amide bonds. The largest absolute Gasteiger partial charge is 0.465 e. The molecule has 6 nitrogen and oxygen atoms in total. The molecule has 2 aromatic carbocycles. The maximum atomic E-state index is 13.5. The first-order chi connectivity index (χ1) is 18.5. The zero-order valence-electron chi connectivity index (χ0n) is 22.0. The van der Waals surface area contributed by atoms with Crippen molar-refractivity contribution in [2.75, 3.05) is 11.4 Å². The van der Waals surface area contributed by atoms with Crippen LogP contribution in [0.15, 0.2) is 36.4 Å². The van der Waals surface area contributed by atoms with Gasteiger partial charge in [-0.2, -0.15) is 39.5 Å². The summed E-state index contributed by atoms with van der Waals surface area (Å²) in [5.41, 5.74) is -6.16. The van der Waals surface area contributed by atoms with Gasteiger partial charge < -0.3 is 14.7 Å². The fraction of sp³-hybridized carbons (Fsp3) is 0.462. The van der Waals surface area contributed by atoms with E-state index in [9.17, 15) is 54.2 Å². The number of fused-ring (bicyclic) bond motifs is 1. The lowest BCUT2D eigenvalue weighted by atomic mass is 9.93. The Labute approximate surface area is 228 Å². The van der Waals surface area contributed by atoms with Crippen molar-refractivity contribution in [3.8, 4) is 0 Å². The van der Waals surface area contributed by atoms with Gasteiger partial charge in [-0.15, -0.1) is 0 Å². The quantitative estimate of drug-likeness (QED) is 0.360. The fourth-order valence-corrected chi connectivity index (χ4v) is 4.51. The third kappa shape index (κ3) is 7.36. The number of carbonyl (C=O) groups is 2. The number of rotatable bonds is 4. The average molecular weight is 600 g/mol. The fourth-order valence-electron chi connectivity index (χ4n) is 4.51. The average Bonchev–Trinajstić information content (AvgIpc) is 3.06. The molecule has 0 saturated heterocycles. The summed E-state index contributed by atoms with van der Waals surface area (Å²) in [6.45, 7) is 4.44. The highest BCUT2D eigenvalue weighted by Gasteiger charge is 2.44. The molecule has 2 aromatic rings. The van der Waals surface area contributed by atoms with Crippen molar-refractivity contribution in [2.45, 2.75) is 70.3 Å². The number of carboxylic acid groups (broad SMARTS) is 1. The van der Waals surface area contributed by atoms with Gasteiger partial charge in [-0.1, -0.05) is 0 Å². The topological polar surface area (TPSA) is 70.1 Å². The minimum atomic E-state index is -5.18. The van der Waals surface area contributed by atoms with Gasteiger partial charge >= 0.3 is 30.7 Å². The first-order valence-electron chi connectivity index (χ1n) is 12.0. The van der Waals surface area contributed by atoms with Crippen LogP contribution in [0.3, 0.4) is 0 Å². The highest BCUT2D eigenvalue weighted by molar-refractivity contribution is 5.92. The Hall–Kier alpha value is -3.65. The first-order valence-corrected chi connectivity index (χ1v) is 12.0. The van der Waals surface area contributed by atoms with Gasteiger partial charge in [0.1, 0.15) is 5.60 Å². The molecule has 0 spiro atoms. The van der Waals surface area contributed by atoms with Crippen molar-refractivity contribution in [3.05, 3.63) is 64.2 Å². The highest BCUT2D eigenvalue weighted by Crippen LogP contribution is 2.45. The number of amides is 2. The summed E-state index contributed by atoms with van der Waals surface area (Å²) in [6, 6.07) is 2.09. The smallest absolute Gasteiger partial charge is 0.416 e. The van der Waals surface area contributed by atoms with Gasteiger partial charge in [0.2, 0.25) is 0 Å². The van der Waals surface area contributed by atoms with E-state index in [1.165, 1.54) is 6.92 Å². The van der Waals surface area contributed by atoms with Crippen molar-refractivity contribution in [2.24, 2.45) is 0 Å². The molecule has 15 heteroatoms. The molecule has 226 valence electrons. The highest BCUT2D eigenvalue weighted by atomic mass is 19.4. The van der Waals surface area contributed by atoms with E-state index in [4.69, 9.17) is 4.74 Å². The molecule has 0 fully saturated rings. The number of benzene rings is 2. The van der Waals surface area contributed by atoms with Crippen LogP contribution in [-0.2, 0) is 29.8 Å². The van der Waals surface area contributed by atoms with Gasteiger partial charge in [-0.25, -0.2) is 9.59 Å². The van der Waals surface area contributed by atoms with Crippen molar-refractivity contribution in [1.29, 1.82) is 0 Å². The first kappa shape index (κ1) is 31.9. The Kier molecular flexibility index (Phi) is 8.27. The Morgan fingerprint density at radius 3 is 1.80 bits per heavy atom. The van der Waals surface area contributed by atoms with E-state index in [1.54, 1.807) is 20.8 Å². The lowest BCUT2D eigenvalue weighted by Crippen LogP contribution is -2.43. The Bertz CT molecular complexity index is 1280. The molecule has 41 heavy (non-hydrogen) atoms. The van der Waals surface area contributed by atoms with Crippen LogP contribution in [-0.4, -0.2) is 40.4 Å². The summed E-state index contributed by atoms with van der Waals surface area (Å²) in [5.74, 6) is -1.15. The van der Waals surface area contributed by atoms with Crippen molar-refractivity contribution >= 4 is 17.9 Å². The van der Waals surface area contributed by atoms with Crippen LogP contribution in [0.1, 0.15) is 61.4 Å². The predicted molar refractivity (Wildman–Crippen MR) is 127 cm³/mol. The molecule has 0 aromatic heterocycles. The zero-order valence-corrected chi connectivity index (χ0v) is 22.0. The zero-order chi connectivity index (χ0) is 31.3. The molecule has 1 N–H and O–H groups in total. The van der Waals surface area contributed by atoms with Gasteiger partial charge in [0, 0.05) is 25.0 Å². The Morgan fingerprint density at radius 2 is 1.37 bits per heavy atom. The van der Waals surface area contributed by atoms with E-state index < -0.39 is 83.6 Å². The second-order valence-corrected chi connectivity index (χ2v) is 10.5. The number of alkyl halides is 9. The predicted octanol–water partition coefficient (Wildman–Crippen LogP) is 8.15. The molecule has 0 bridgehead atoms. The molecule has 1 aliphatic heterocycles. The minimum Gasteiger partial charge on any atom is -0.465 e. The van der Waals surface area contributed by atoms with Crippen LogP contribution >= 0.6 is 0 Å². The Balaban J connectivity index is 2.06. The third-order valence-electron chi connectivity index (χ3n) is 6.30. The summed E-state index contributed by atoms with van der Waals surface area (Å²) >= 11 is 0. The van der Waals surface area contributed by atoms with E-state index in [2.05, 4.69) is 0 Å². The minimum absolute atomic E-state index is 0.00600. The van der Waals surface area contributed by atoms with Crippen molar-refractivity contribution in [3.63, 3.8) is 0 Å². The van der Waals surface area contributed by atoms with Gasteiger partial charge in [-0.05, 0) is 75.2 Å². The Morgan fingerprint density at radius 1 is 0.854 bits per heavy atom. The van der Waals surface area contributed by atoms with Gasteiger partial charge in [0.25, 0.3) is 0 Å². The maximum Gasteiger partial charge on any atom is 0.416 e. The van der Waals surface area contributed by atoms with E-state index in [1.807, 2.05) is 0 Å². The number of nitrogens with zero attached hydrogens (tertiary/aromatic N) is 2. The molecule has 2 unspecified atom stereocenters. The van der Waals surface area contributed by atoms with Crippen LogP contribution in [0.5, 0.6) is 0 Å². The molecule has 3 rings (SSSR count). The number of carbonyl (C=O) groups excluding carboxylic acids is 1. The van der Waals surface area contributed by atoms with E-state index >= 15 is 0 Å². The van der Waals surface area contributed by atoms with E-state index in [0.717, 1.165) is 23.1 Å². The molecule has 1 aliphatic rings. The standard InChI is InChI=1S/C26H25F9N2O4/c1-13-19(18-10-15(24(27,28)29)5-6-20(18)37(13)22(40)41-23(2,3)4)12-36(21(38)39)11-14-7-16(25(30,31)32)9-17(8-14)26(33,34)35/h5-10,13,19H,11-12H2,1-4H3,(H,38,39). The van der Waals surface area contributed by atoms with Crippen molar-refractivity contribution < 1.29 is 58.9 Å². The lowest BCUT2D eigenvalue weighted by molar-refractivity contribution is -0.143.